The van der Waals surface area contributed by atoms with Crippen molar-refractivity contribution in [2.75, 3.05) is 19.7 Å². The van der Waals surface area contributed by atoms with E-state index in [2.05, 4.69) is 5.32 Å². The lowest BCUT2D eigenvalue weighted by atomic mass is 10.2. The summed E-state index contributed by atoms with van der Waals surface area (Å²) in [5.41, 5.74) is 0. The van der Waals surface area contributed by atoms with Gasteiger partial charge in [-0.1, -0.05) is 19.8 Å². The molecule has 1 rings (SSSR count). The Morgan fingerprint density at radius 1 is 1.24 bits per heavy atom. The van der Waals surface area contributed by atoms with Crippen LogP contribution >= 0.6 is 0 Å². The van der Waals surface area contributed by atoms with Crippen LogP contribution in [0.15, 0.2) is 0 Å². The van der Waals surface area contributed by atoms with Crippen LogP contribution < -0.4 is 5.32 Å². The van der Waals surface area contributed by atoms with Crippen molar-refractivity contribution in [1.29, 1.82) is 0 Å². The second kappa shape index (κ2) is 8.86. The summed E-state index contributed by atoms with van der Waals surface area (Å²) in [7, 11) is 0. The van der Waals surface area contributed by atoms with E-state index in [9.17, 15) is 10.2 Å². The van der Waals surface area contributed by atoms with Gasteiger partial charge in [-0.15, -0.1) is 0 Å². The molecule has 1 saturated carbocycles. The van der Waals surface area contributed by atoms with Gasteiger partial charge in [-0.25, -0.2) is 0 Å². The fraction of sp³-hybridized carbons (Fsp3) is 1.00. The molecule has 0 aliphatic heterocycles. The first-order valence-corrected chi connectivity index (χ1v) is 6.90. The number of rotatable bonds is 9. The fourth-order valence-electron chi connectivity index (χ4n) is 2.10. The molecule has 0 amide bonds. The molecule has 0 aromatic heterocycles. The molecule has 4 nitrogen and oxygen atoms in total. The van der Waals surface area contributed by atoms with Crippen LogP contribution in [0.3, 0.4) is 0 Å². The maximum absolute atomic E-state index is 9.68. The summed E-state index contributed by atoms with van der Waals surface area (Å²) in [4.78, 5) is 0. The van der Waals surface area contributed by atoms with Gasteiger partial charge in [0.25, 0.3) is 0 Å². The van der Waals surface area contributed by atoms with Crippen LogP contribution in [0.4, 0.5) is 0 Å². The van der Waals surface area contributed by atoms with Crippen molar-refractivity contribution in [3.8, 4) is 0 Å². The minimum absolute atomic E-state index is 0.227. The van der Waals surface area contributed by atoms with Crippen molar-refractivity contribution in [3.05, 3.63) is 0 Å². The third-order valence-corrected chi connectivity index (χ3v) is 3.33. The van der Waals surface area contributed by atoms with Gasteiger partial charge < -0.3 is 20.3 Å². The first-order valence-electron chi connectivity index (χ1n) is 6.90. The van der Waals surface area contributed by atoms with Crippen molar-refractivity contribution in [2.24, 2.45) is 0 Å². The zero-order valence-electron chi connectivity index (χ0n) is 10.9. The Labute approximate surface area is 104 Å². The number of nitrogens with one attached hydrogen (secondary N) is 1. The molecule has 0 spiro atoms. The quantitative estimate of drug-likeness (QED) is 0.532. The number of hydrogen-bond donors (Lipinski definition) is 3. The van der Waals surface area contributed by atoms with Gasteiger partial charge >= 0.3 is 0 Å². The maximum Gasteiger partial charge on any atom is 0.0897 e. The molecule has 1 aliphatic rings. The zero-order valence-corrected chi connectivity index (χ0v) is 10.9. The molecule has 0 aromatic carbocycles. The van der Waals surface area contributed by atoms with E-state index >= 15 is 0 Å². The average Bonchev–Trinajstić information content (AvgIpc) is 2.84. The molecule has 0 bridgehead atoms. The standard InChI is InChI=1S/C13H27NO3/c1-2-11(15)7-8-14-9-12(16)10-17-13-5-3-4-6-13/h11-16H,2-10H2,1H3. The second-order valence-corrected chi connectivity index (χ2v) is 4.95. The highest BCUT2D eigenvalue weighted by atomic mass is 16.5. The largest absolute Gasteiger partial charge is 0.393 e. The van der Waals surface area contributed by atoms with E-state index in [0.717, 1.165) is 32.2 Å². The number of aliphatic hydroxyl groups is 2. The summed E-state index contributed by atoms with van der Waals surface area (Å²) in [5, 5.41) is 22.2. The Morgan fingerprint density at radius 3 is 2.59 bits per heavy atom. The van der Waals surface area contributed by atoms with Crippen LogP contribution in [-0.4, -0.2) is 48.2 Å². The van der Waals surface area contributed by atoms with Crippen molar-refractivity contribution >= 4 is 0 Å². The SMILES string of the molecule is CCC(O)CCNCC(O)COC1CCCC1. The zero-order chi connectivity index (χ0) is 12.5. The molecule has 3 N–H and O–H groups in total. The van der Waals surface area contributed by atoms with E-state index in [1.165, 1.54) is 12.8 Å². The average molecular weight is 245 g/mol. The lowest BCUT2D eigenvalue weighted by molar-refractivity contribution is -0.00558. The summed E-state index contributed by atoms with van der Waals surface area (Å²) in [5.74, 6) is 0. The van der Waals surface area contributed by atoms with E-state index < -0.39 is 6.10 Å². The van der Waals surface area contributed by atoms with E-state index in [1.54, 1.807) is 0 Å². The molecular weight excluding hydrogens is 218 g/mol. The van der Waals surface area contributed by atoms with Crippen molar-refractivity contribution in [2.45, 2.75) is 63.8 Å². The van der Waals surface area contributed by atoms with Crippen LogP contribution in [0.1, 0.15) is 45.4 Å². The molecule has 0 aromatic rings. The monoisotopic (exact) mass is 245 g/mol. The highest BCUT2D eigenvalue weighted by molar-refractivity contribution is 4.68. The van der Waals surface area contributed by atoms with Gasteiger partial charge in [-0.2, -0.15) is 0 Å². The highest BCUT2D eigenvalue weighted by Crippen LogP contribution is 2.20. The Morgan fingerprint density at radius 2 is 1.94 bits per heavy atom. The van der Waals surface area contributed by atoms with E-state index in [-0.39, 0.29) is 6.10 Å². The molecule has 0 heterocycles. The van der Waals surface area contributed by atoms with Crippen LogP contribution in [0.25, 0.3) is 0 Å². The van der Waals surface area contributed by atoms with Gasteiger partial charge in [0.15, 0.2) is 0 Å². The lowest BCUT2D eigenvalue weighted by Crippen LogP contribution is -2.33. The summed E-state index contributed by atoms with van der Waals surface area (Å²) in [6.45, 7) is 3.68. The molecule has 2 unspecified atom stereocenters. The first kappa shape index (κ1) is 14.9. The van der Waals surface area contributed by atoms with Crippen LogP contribution in [0, 0.1) is 0 Å². The molecule has 1 aliphatic carbocycles. The third-order valence-electron chi connectivity index (χ3n) is 3.33. The van der Waals surface area contributed by atoms with Gasteiger partial charge in [-0.3, -0.25) is 0 Å². The number of aliphatic hydroxyl groups excluding tert-OH is 2. The van der Waals surface area contributed by atoms with Crippen molar-refractivity contribution in [1.82, 2.24) is 5.32 Å². The number of hydrogen-bond acceptors (Lipinski definition) is 4. The lowest BCUT2D eigenvalue weighted by Gasteiger charge is -2.16. The molecular formula is C13H27NO3. The fourth-order valence-corrected chi connectivity index (χ4v) is 2.10. The number of ether oxygens (including phenoxy) is 1. The minimum atomic E-state index is -0.436. The molecule has 2 atom stereocenters. The molecule has 0 radical (unpaired) electrons. The van der Waals surface area contributed by atoms with Crippen molar-refractivity contribution in [3.63, 3.8) is 0 Å². The normalized spacial score (nSPS) is 20.6. The maximum atomic E-state index is 9.68. The van der Waals surface area contributed by atoms with Crippen LogP contribution in [-0.2, 0) is 4.74 Å². The highest BCUT2D eigenvalue weighted by Gasteiger charge is 2.16. The summed E-state index contributed by atoms with van der Waals surface area (Å²) < 4.78 is 5.62. The van der Waals surface area contributed by atoms with E-state index in [1.807, 2.05) is 6.92 Å². The Hall–Kier alpha value is -0.160. The smallest absolute Gasteiger partial charge is 0.0897 e. The Balaban J connectivity index is 1.91. The summed E-state index contributed by atoms with van der Waals surface area (Å²) in [6.07, 6.45) is 6.03. The third kappa shape index (κ3) is 6.99. The molecule has 17 heavy (non-hydrogen) atoms. The Kier molecular flexibility index (Phi) is 7.77. The molecule has 0 saturated heterocycles. The molecule has 102 valence electrons. The van der Waals surface area contributed by atoms with Crippen LogP contribution in [0.2, 0.25) is 0 Å². The predicted molar refractivity (Wildman–Crippen MR) is 68.0 cm³/mol. The molecule has 1 fully saturated rings. The van der Waals surface area contributed by atoms with Gasteiger partial charge in [0.2, 0.25) is 0 Å². The van der Waals surface area contributed by atoms with Crippen LogP contribution in [0.5, 0.6) is 0 Å². The van der Waals surface area contributed by atoms with Crippen molar-refractivity contribution < 1.29 is 14.9 Å². The Bertz CT molecular complexity index is 184. The summed E-state index contributed by atoms with van der Waals surface area (Å²) in [6, 6.07) is 0. The first-order chi connectivity index (χ1) is 8.22. The van der Waals surface area contributed by atoms with E-state index in [4.69, 9.17) is 4.74 Å². The second-order valence-electron chi connectivity index (χ2n) is 4.95. The van der Waals surface area contributed by atoms with Gasteiger partial charge in [0.1, 0.15) is 0 Å². The molecule has 4 heteroatoms. The van der Waals surface area contributed by atoms with E-state index in [0.29, 0.717) is 19.3 Å². The predicted octanol–water partition coefficient (Wildman–Crippen LogP) is 1.06. The van der Waals surface area contributed by atoms with Gasteiger partial charge in [0, 0.05) is 6.54 Å². The minimum Gasteiger partial charge on any atom is -0.393 e. The van der Waals surface area contributed by atoms with Gasteiger partial charge in [0.05, 0.1) is 24.9 Å². The van der Waals surface area contributed by atoms with Gasteiger partial charge in [-0.05, 0) is 32.2 Å². The topological polar surface area (TPSA) is 61.7 Å². The summed E-state index contributed by atoms with van der Waals surface area (Å²) >= 11 is 0.